The Bertz CT molecular complexity index is 371. The second kappa shape index (κ2) is 3.49. The van der Waals surface area contributed by atoms with E-state index in [-0.39, 0.29) is 0 Å². The van der Waals surface area contributed by atoms with Crippen LogP contribution < -0.4 is 4.74 Å². The van der Waals surface area contributed by atoms with Crippen LogP contribution in [0.3, 0.4) is 0 Å². The van der Waals surface area contributed by atoms with Crippen molar-refractivity contribution in [3.8, 4) is 5.75 Å². The molecule has 0 saturated heterocycles. The molecule has 0 bridgehead atoms. The zero-order valence-corrected chi connectivity index (χ0v) is 8.43. The van der Waals surface area contributed by atoms with Gasteiger partial charge in [0.1, 0.15) is 11.2 Å². The van der Waals surface area contributed by atoms with E-state index in [0.29, 0.717) is 24.4 Å². The number of ether oxygens (including phenoxy) is 1. The Morgan fingerprint density at radius 3 is 2.40 bits per heavy atom. The van der Waals surface area contributed by atoms with Crippen LogP contribution in [0, 0.1) is 0 Å². The van der Waals surface area contributed by atoms with E-state index < -0.39 is 11.4 Å². The maximum atomic E-state index is 11.1. The number of carbonyl (C=O) groups is 1. The summed E-state index contributed by atoms with van der Waals surface area (Å²) in [6.45, 7) is 0. The van der Waals surface area contributed by atoms with Crippen LogP contribution in [0.1, 0.15) is 25.1 Å². The molecular formula is C10H12N2O3. The van der Waals surface area contributed by atoms with Crippen molar-refractivity contribution < 1.29 is 14.6 Å². The first-order valence-corrected chi connectivity index (χ1v) is 4.79. The van der Waals surface area contributed by atoms with E-state index in [1.165, 1.54) is 19.5 Å². The number of carboxylic acid groups (broad SMARTS) is 1. The summed E-state index contributed by atoms with van der Waals surface area (Å²) in [6.07, 6.45) is 5.17. The molecule has 1 aliphatic carbocycles. The lowest BCUT2D eigenvalue weighted by Gasteiger charge is -2.35. The maximum Gasteiger partial charge on any atom is 0.317 e. The number of aliphatic carboxylic acids is 1. The van der Waals surface area contributed by atoms with Crippen molar-refractivity contribution in [2.75, 3.05) is 7.11 Å². The molecule has 5 heteroatoms. The topological polar surface area (TPSA) is 72.3 Å². The number of nitrogens with zero attached hydrogens (tertiary/aromatic N) is 2. The Hall–Kier alpha value is -1.65. The molecule has 0 aromatic carbocycles. The fourth-order valence-electron chi connectivity index (χ4n) is 1.73. The highest BCUT2D eigenvalue weighted by Crippen LogP contribution is 2.42. The van der Waals surface area contributed by atoms with E-state index >= 15 is 0 Å². The fourth-order valence-corrected chi connectivity index (χ4v) is 1.73. The number of methoxy groups -OCH3 is 1. The van der Waals surface area contributed by atoms with Crippen molar-refractivity contribution in [1.29, 1.82) is 0 Å². The quantitative estimate of drug-likeness (QED) is 0.801. The molecule has 0 aliphatic heterocycles. The van der Waals surface area contributed by atoms with Gasteiger partial charge >= 0.3 is 5.97 Å². The number of carboxylic acids is 1. The molecule has 0 spiro atoms. The fraction of sp³-hybridized carbons (Fsp3) is 0.500. The monoisotopic (exact) mass is 208 g/mol. The number of aromatic nitrogens is 2. The number of rotatable bonds is 3. The van der Waals surface area contributed by atoms with Crippen molar-refractivity contribution in [3.05, 3.63) is 18.2 Å². The summed E-state index contributed by atoms with van der Waals surface area (Å²) in [5.41, 5.74) is -0.855. The molecule has 0 unspecified atom stereocenters. The number of hydrogen-bond donors (Lipinski definition) is 1. The highest BCUT2D eigenvalue weighted by atomic mass is 16.5. The highest BCUT2D eigenvalue weighted by molar-refractivity contribution is 5.81. The first-order valence-electron chi connectivity index (χ1n) is 4.79. The van der Waals surface area contributed by atoms with Crippen molar-refractivity contribution >= 4 is 5.97 Å². The Balaban J connectivity index is 2.31. The first kappa shape index (κ1) is 9.89. The second-order valence-corrected chi connectivity index (χ2v) is 3.69. The lowest BCUT2D eigenvalue weighted by Crippen LogP contribution is -2.43. The van der Waals surface area contributed by atoms with Gasteiger partial charge in [0.05, 0.1) is 19.5 Å². The Morgan fingerprint density at radius 1 is 1.47 bits per heavy atom. The summed E-state index contributed by atoms with van der Waals surface area (Å²) in [5.74, 6) is 0.0968. The summed E-state index contributed by atoms with van der Waals surface area (Å²) >= 11 is 0. The minimum Gasteiger partial charge on any atom is -0.494 e. The summed E-state index contributed by atoms with van der Waals surface area (Å²) in [5, 5.41) is 9.15. The Kier molecular flexibility index (Phi) is 2.30. The molecular weight excluding hydrogens is 196 g/mol. The van der Waals surface area contributed by atoms with Crippen LogP contribution in [0.4, 0.5) is 0 Å². The van der Waals surface area contributed by atoms with Gasteiger partial charge in [-0.1, -0.05) is 6.42 Å². The molecule has 15 heavy (non-hydrogen) atoms. The van der Waals surface area contributed by atoms with E-state index in [1.54, 1.807) is 0 Å². The Labute approximate surface area is 87.1 Å². The van der Waals surface area contributed by atoms with Crippen LogP contribution in [0.25, 0.3) is 0 Å². The summed E-state index contributed by atoms with van der Waals surface area (Å²) < 4.78 is 4.92. The molecule has 1 aromatic heterocycles. The molecule has 1 heterocycles. The predicted octanol–water partition coefficient (Wildman–Crippen LogP) is 0.991. The SMILES string of the molecule is COc1cnc(C2(C(=O)O)CCC2)nc1. The van der Waals surface area contributed by atoms with Gasteiger partial charge in [-0.05, 0) is 12.8 Å². The molecule has 1 aromatic rings. The molecule has 1 aliphatic rings. The summed E-state index contributed by atoms with van der Waals surface area (Å²) in [7, 11) is 1.52. The van der Waals surface area contributed by atoms with Gasteiger partial charge < -0.3 is 9.84 Å². The van der Waals surface area contributed by atoms with E-state index in [4.69, 9.17) is 9.84 Å². The third kappa shape index (κ3) is 1.44. The second-order valence-electron chi connectivity index (χ2n) is 3.69. The van der Waals surface area contributed by atoms with Gasteiger partial charge in [-0.2, -0.15) is 0 Å². The van der Waals surface area contributed by atoms with E-state index in [0.717, 1.165) is 6.42 Å². The number of hydrogen-bond acceptors (Lipinski definition) is 4. The van der Waals surface area contributed by atoms with Crippen LogP contribution in [0.2, 0.25) is 0 Å². The average molecular weight is 208 g/mol. The summed E-state index contributed by atoms with van der Waals surface area (Å²) in [6, 6.07) is 0. The molecule has 0 radical (unpaired) electrons. The van der Waals surface area contributed by atoms with E-state index in [1.807, 2.05) is 0 Å². The lowest BCUT2D eigenvalue weighted by atomic mass is 9.68. The minimum absolute atomic E-state index is 0.391. The van der Waals surface area contributed by atoms with Gasteiger partial charge in [-0.3, -0.25) is 4.79 Å². The molecule has 1 saturated carbocycles. The van der Waals surface area contributed by atoms with Crippen LogP contribution in [0.5, 0.6) is 5.75 Å². The van der Waals surface area contributed by atoms with Gasteiger partial charge in [0.15, 0.2) is 5.75 Å². The van der Waals surface area contributed by atoms with Crippen LogP contribution in [0.15, 0.2) is 12.4 Å². The lowest BCUT2D eigenvalue weighted by molar-refractivity contribution is -0.147. The van der Waals surface area contributed by atoms with Gasteiger partial charge in [-0.25, -0.2) is 9.97 Å². The van der Waals surface area contributed by atoms with Crippen molar-refractivity contribution in [1.82, 2.24) is 9.97 Å². The maximum absolute atomic E-state index is 11.1. The van der Waals surface area contributed by atoms with Crippen LogP contribution in [-0.2, 0) is 10.2 Å². The molecule has 80 valence electrons. The zero-order valence-electron chi connectivity index (χ0n) is 8.43. The smallest absolute Gasteiger partial charge is 0.317 e. The van der Waals surface area contributed by atoms with Crippen molar-refractivity contribution in [3.63, 3.8) is 0 Å². The Morgan fingerprint density at radius 2 is 2.07 bits per heavy atom. The predicted molar refractivity (Wildman–Crippen MR) is 51.7 cm³/mol. The molecule has 1 fully saturated rings. The molecule has 0 atom stereocenters. The summed E-state index contributed by atoms with van der Waals surface area (Å²) in [4.78, 5) is 19.2. The van der Waals surface area contributed by atoms with Crippen molar-refractivity contribution in [2.45, 2.75) is 24.7 Å². The third-order valence-electron chi connectivity index (χ3n) is 2.91. The van der Waals surface area contributed by atoms with Gasteiger partial charge in [-0.15, -0.1) is 0 Å². The largest absolute Gasteiger partial charge is 0.494 e. The standard InChI is InChI=1S/C10H12N2O3/c1-15-7-5-11-8(12-6-7)10(9(13)14)3-2-4-10/h5-6H,2-4H2,1H3,(H,13,14). The third-order valence-corrected chi connectivity index (χ3v) is 2.91. The van der Waals surface area contributed by atoms with Crippen LogP contribution >= 0.6 is 0 Å². The van der Waals surface area contributed by atoms with Crippen molar-refractivity contribution in [2.24, 2.45) is 0 Å². The molecule has 1 N–H and O–H groups in total. The van der Waals surface area contributed by atoms with Gasteiger partial charge in [0.2, 0.25) is 0 Å². The van der Waals surface area contributed by atoms with Gasteiger partial charge in [0, 0.05) is 0 Å². The minimum atomic E-state index is -0.855. The highest BCUT2D eigenvalue weighted by Gasteiger charge is 2.48. The molecule has 0 amide bonds. The normalized spacial score (nSPS) is 17.9. The van der Waals surface area contributed by atoms with E-state index in [2.05, 4.69) is 9.97 Å². The first-order chi connectivity index (χ1) is 7.19. The zero-order chi connectivity index (χ0) is 10.9. The molecule has 5 nitrogen and oxygen atoms in total. The van der Waals surface area contributed by atoms with Crippen LogP contribution in [-0.4, -0.2) is 28.2 Å². The van der Waals surface area contributed by atoms with Gasteiger partial charge in [0.25, 0.3) is 0 Å². The average Bonchev–Trinajstić information content (AvgIpc) is 2.16. The molecule has 2 rings (SSSR count). The van der Waals surface area contributed by atoms with E-state index in [9.17, 15) is 4.79 Å².